The molecule has 0 aromatic heterocycles. The van der Waals surface area contributed by atoms with E-state index in [0.29, 0.717) is 0 Å². The molecule has 1 fully saturated rings. The summed E-state index contributed by atoms with van der Waals surface area (Å²) in [4.78, 5) is 0. The van der Waals surface area contributed by atoms with Gasteiger partial charge in [-0.05, 0) is 76.6 Å². The smallest absolute Gasteiger partial charge is 0.0565 e. The average Bonchev–Trinajstić information content (AvgIpc) is 2.89. The van der Waals surface area contributed by atoms with Crippen molar-refractivity contribution in [3.8, 4) is 0 Å². The van der Waals surface area contributed by atoms with Gasteiger partial charge >= 0.3 is 0 Å². The number of benzene rings is 2. The Hall–Kier alpha value is -3.00. The minimum absolute atomic E-state index is 0.00751. The van der Waals surface area contributed by atoms with Crippen LogP contribution in [0.25, 0.3) is 0 Å². The number of para-hydroxylation sites is 2. The molecule has 0 heterocycles. The number of anilines is 2. The molecule has 3 aliphatic carbocycles. The molecule has 5 rings (SSSR count). The van der Waals surface area contributed by atoms with Gasteiger partial charge in [0.05, 0.1) is 11.1 Å². The van der Waals surface area contributed by atoms with Crippen molar-refractivity contribution < 1.29 is 0 Å². The number of rotatable bonds is 6. The van der Waals surface area contributed by atoms with Gasteiger partial charge in [0.25, 0.3) is 0 Å². The van der Waals surface area contributed by atoms with Gasteiger partial charge in [-0.15, -0.1) is 0 Å². The molecule has 0 amide bonds. The van der Waals surface area contributed by atoms with Crippen molar-refractivity contribution in [3.05, 3.63) is 107 Å². The fourth-order valence-corrected chi connectivity index (χ4v) is 6.31. The molecule has 2 N–H and O–H groups in total. The third-order valence-electron chi connectivity index (χ3n) is 8.56. The van der Waals surface area contributed by atoms with Crippen molar-refractivity contribution >= 4 is 11.4 Å². The normalized spacial score (nSPS) is 27.2. The Morgan fingerprint density at radius 1 is 0.611 bits per heavy atom. The second-order valence-electron chi connectivity index (χ2n) is 11.8. The lowest BCUT2D eigenvalue weighted by Gasteiger charge is -2.43. The fraction of sp³-hybridized carbons (Fsp3) is 0.412. The minimum atomic E-state index is -0.0756. The van der Waals surface area contributed by atoms with Crippen LogP contribution < -0.4 is 10.6 Å². The predicted octanol–water partition coefficient (Wildman–Crippen LogP) is 9.09. The zero-order chi connectivity index (χ0) is 25.2. The van der Waals surface area contributed by atoms with Crippen LogP contribution in [0.2, 0.25) is 0 Å². The van der Waals surface area contributed by atoms with Crippen LogP contribution in [0.3, 0.4) is 0 Å². The molecular formula is C34H42N2. The largest absolute Gasteiger partial charge is 0.376 e. The molecule has 2 aromatic rings. The molecular weight excluding hydrogens is 436 g/mol. The maximum absolute atomic E-state index is 3.98. The third-order valence-corrected chi connectivity index (χ3v) is 8.56. The third kappa shape index (κ3) is 4.96. The SMILES string of the molecule is CC1=CCC(C)(Nc2ccccc2C2(c3ccccc3NC3(C)C=CC(C)=CC3)CCCCC2)C=C1. The van der Waals surface area contributed by atoms with Crippen LogP contribution in [0.15, 0.2) is 96.1 Å². The standard InChI is InChI=1S/C34H42N2/c1-26-16-22-32(3,23-17-26)35-30-14-8-6-12-28(30)34(20-10-5-11-21-34)29-13-7-9-15-31(29)36-33(4)24-18-27(2)19-25-33/h6-9,12-19,22,24,35-36H,5,10-11,20-21,23,25H2,1-4H3. The van der Waals surface area contributed by atoms with E-state index < -0.39 is 0 Å². The Kier molecular flexibility index (Phi) is 6.72. The van der Waals surface area contributed by atoms with Gasteiger partial charge in [0.1, 0.15) is 0 Å². The topological polar surface area (TPSA) is 24.1 Å². The quantitative estimate of drug-likeness (QED) is 0.432. The highest BCUT2D eigenvalue weighted by Gasteiger charge is 2.40. The van der Waals surface area contributed by atoms with Crippen LogP contribution in [0.5, 0.6) is 0 Å². The first-order valence-electron chi connectivity index (χ1n) is 13.8. The average molecular weight is 479 g/mol. The predicted molar refractivity (Wildman–Crippen MR) is 156 cm³/mol. The van der Waals surface area contributed by atoms with Crippen LogP contribution in [-0.2, 0) is 5.41 Å². The highest BCUT2D eigenvalue weighted by Crippen LogP contribution is 2.50. The lowest BCUT2D eigenvalue weighted by atomic mass is 9.64. The van der Waals surface area contributed by atoms with Gasteiger partial charge < -0.3 is 10.6 Å². The molecule has 2 heteroatoms. The molecule has 188 valence electrons. The molecule has 36 heavy (non-hydrogen) atoms. The van der Waals surface area contributed by atoms with Gasteiger partial charge in [-0.3, -0.25) is 0 Å². The summed E-state index contributed by atoms with van der Waals surface area (Å²) in [6.07, 6.45) is 22.1. The van der Waals surface area contributed by atoms with E-state index in [-0.39, 0.29) is 16.5 Å². The van der Waals surface area contributed by atoms with E-state index >= 15 is 0 Å². The second-order valence-corrected chi connectivity index (χ2v) is 11.8. The summed E-state index contributed by atoms with van der Waals surface area (Å²) in [6.45, 7) is 9.00. The molecule has 2 unspecified atom stereocenters. The van der Waals surface area contributed by atoms with Gasteiger partial charge in [0.2, 0.25) is 0 Å². The molecule has 2 nitrogen and oxygen atoms in total. The summed E-state index contributed by atoms with van der Waals surface area (Å²) in [5, 5.41) is 7.96. The van der Waals surface area contributed by atoms with E-state index in [1.807, 2.05) is 0 Å². The van der Waals surface area contributed by atoms with E-state index in [0.717, 1.165) is 12.8 Å². The minimum Gasteiger partial charge on any atom is -0.376 e. The summed E-state index contributed by atoms with van der Waals surface area (Å²) in [6, 6.07) is 18.2. The Labute approximate surface area is 218 Å². The van der Waals surface area contributed by atoms with Gasteiger partial charge in [-0.25, -0.2) is 0 Å². The summed E-state index contributed by atoms with van der Waals surface area (Å²) in [5.41, 5.74) is 7.98. The van der Waals surface area contributed by atoms with Crippen LogP contribution in [0.1, 0.15) is 83.8 Å². The van der Waals surface area contributed by atoms with E-state index in [4.69, 9.17) is 0 Å². The van der Waals surface area contributed by atoms with Crippen LogP contribution in [-0.4, -0.2) is 11.1 Å². The molecule has 0 spiro atoms. The highest BCUT2D eigenvalue weighted by molar-refractivity contribution is 5.66. The molecule has 2 aromatic carbocycles. The second kappa shape index (κ2) is 9.81. The zero-order valence-corrected chi connectivity index (χ0v) is 22.5. The number of hydrogen-bond donors (Lipinski definition) is 2. The van der Waals surface area contributed by atoms with Crippen LogP contribution in [0.4, 0.5) is 11.4 Å². The summed E-state index contributed by atoms with van der Waals surface area (Å²) < 4.78 is 0. The molecule has 0 saturated heterocycles. The van der Waals surface area contributed by atoms with E-state index in [1.165, 1.54) is 65.8 Å². The lowest BCUT2D eigenvalue weighted by Crippen LogP contribution is -2.38. The van der Waals surface area contributed by atoms with E-state index in [2.05, 4.69) is 123 Å². The first-order valence-corrected chi connectivity index (χ1v) is 13.8. The fourth-order valence-electron chi connectivity index (χ4n) is 6.31. The van der Waals surface area contributed by atoms with Crippen molar-refractivity contribution in [2.45, 2.75) is 89.1 Å². The van der Waals surface area contributed by atoms with Gasteiger partial charge in [0, 0.05) is 16.8 Å². The van der Waals surface area contributed by atoms with E-state index in [9.17, 15) is 0 Å². The maximum Gasteiger partial charge on any atom is 0.0565 e. The van der Waals surface area contributed by atoms with Crippen LogP contribution in [0, 0.1) is 0 Å². The molecule has 0 aliphatic heterocycles. The Morgan fingerprint density at radius 3 is 1.47 bits per heavy atom. The number of nitrogens with one attached hydrogen (secondary N) is 2. The first-order chi connectivity index (χ1) is 17.3. The molecule has 1 saturated carbocycles. The summed E-state index contributed by atoms with van der Waals surface area (Å²) in [7, 11) is 0. The Balaban J connectivity index is 1.56. The maximum atomic E-state index is 3.98. The molecule has 0 bridgehead atoms. The highest BCUT2D eigenvalue weighted by atomic mass is 15.0. The Morgan fingerprint density at radius 2 is 1.06 bits per heavy atom. The molecule has 0 radical (unpaired) electrons. The summed E-state index contributed by atoms with van der Waals surface area (Å²) in [5.74, 6) is 0. The van der Waals surface area contributed by atoms with Gasteiger partial charge in [-0.2, -0.15) is 0 Å². The molecule has 2 atom stereocenters. The van der Waals surface area contributed by atoms with Crippen molar-refractivity contribution in [3.63, 3.8) is 0 Å². The first kappa shape index (κ1) is 24.7. The monoisotopic (exact) mass is 478 g/mol. The Bertz CT molecular complexity index is 1130. The van der Waals surface area contributed by atoms with Crippen LogP contribution >= 0.6 is 0 Å². The van der Waals surface area contributed by atoms with Gasteiger partial charge in [0.15, 0.2) is 0 Å². The summed E-state index contributed by atoms with van der Waals surface area (Å²) >= 11 is 0. The molecule has 3 aliphatic rings. The van der Waals surface area contributed by atoms with Gasteiger partial charge in [-0.1, -0.05) is 103 Å². The van der Waals surface area contributed by atoms with Crippen molar-refractivity contribution in [1.82, 2.24) is 0 Å². The van der Waals surface area contributed by atoms with E-state index in [1.54, 1.807) is 0 Å². The van der Waals surface area contributed by atoms with Crippen molar-refractivity contribution in [2.24, 2.45) is 0 Å². The number of hydrogen-bond acceptors (Lipinski definition) is 2. The van der Waals surface area contributed by atoms with Crippen molar-refractivity contribution in [1.29, 1.82) is 0 Å². The lowest BCUT2D eigenvalue weighted by molar-refractivity contribution is 0.347. The van der Waals surface area contributed by atoms with Crippen molar-refractivity contribution in [2.75, 3.05) is 10.6 Å². The number of allylic oxidation sites excluding steroid dienone is 4. The zero-order valence-electron chi connectivity index (χ0n) is 22.5.